The average Bonchev–Trinajstić information content (AvgIpc) is 3.24. The summed E-state index contributed by atoms with van der Waals surface area (Å²) >= 11 is 0. The van der Waals surface area contributed by atoms with Gasteiger partial charge in [-0.2, -0.15) is 5.10 Å². The van der Waals surface area contributed by atoms with Crippen molar-refractivity contribution in [2.45, 2.75) is 12.3 Å². The molecule has 4 aromatic rings. The number of benzene rings is 1. The van der Waals surface area contributed by atoms with Crippen molar-refractivity contribution in [3.05, 3.63) is 105 Å². The lowest BCUT2D eigenvalue weighted by molar-refractivity contribution is 0.0999. The Bertz CT molecular complexity index is 1460. The standard InChI is InChI=1S/C24H18F2N4O2/c1-29-11-3-6-19(24(29)32)18(20-13-17(25)7-8-21(20)26)5-2-4-15-12-16(23(27)31)14-30-22(15)9-10-28-30/h3,6-14,18H,5H2,1H3,(H2,27,31). The lowest BCUT2D eigenvalue weighted by Crippen LogP contribution is -2.23. The molecule has 0 aliphatic rings. The molecule has 160 valence electrons. The number of halogens is 2. The van der Waals surface area contributed by atoms with Crippen LogP contribution in [-0.2, 0) is 7.05 Å². The number of aryl methyl sites for hydroxylation is 1. The Morgan fingerprint density at radius 2 is 2.00 bits per heavy atom. The fourth-order valence-electron chi connectivity index (χ4n) is 3.56. The first kappa shape index (κ1) is 21.0. The third kappa shape index (κ3) is 4.01. The highest BCUT2D eigenvalue weighted by molar-refractivity contribution is 5.93. The summed E-state index contributed by atoms with van der Waals surface area (Å²) in [6.07, 6.45) is 4.69. The van der Waals surface area contributed by atoms with Crippen LogP contribution in [0.3, 0.4) is 0 Å². The number of aromatic nitrogens is 3. The van der Waals surface area contributed by atoms with E-state index in [1.54, 1.807) is 43.7 Å². The van der Waals surface area contributed by atoms with E-state index in [-0.39, 0.29) is 23.1 Å². The maximum atomic E-state index is 14.6. The Morgan fingerprint density at radius 1 is 1.19 bits per heavy atom. The number of hydrogen-bond acceptors (Lipinski definition) is 3. The van der Waals surface area contributed by atoms with E-state index in [0.717, 1.165) is 18.2 Å². The first-order valence-corrected chi connectivity index (χ1v) is 9.71. The predicted molar refractivity (Wildman–Crippen MR) is 115 cm³/mol. The van der Waals surface area contributed by atoms with E-state index < -0.39 is 23.5 Å². The Hall–Kier alpha value is -4.25. The van der Waals surface area contributed by atoms with Gasteiger partial charge in [0.05, 0.1) is 22.8 Å². The predicted octanol–water partition coefficient (Wildman–Crippen LogP) is 2.98. The number of carbonyl (C=O) groups excluding carboxylic acids is 1. The van der Waals surface area contributed by atoms with Crippen LogP contribution in [-0.4, -0.2) is 20.1 Å². The normalized spacial score (nSPS) is 11.7. The van der Waals surface area contributed by atoms with E-state index >= 15 is 0 Å². The molecule has 4 rings (SSSR count). The maximum absolute atomic E-state index is 14.6. The monoisotopic (exact) mass is 432 g/mol. The van der Waals surface area contributed by atoms with Crippen molar-refractivity contribution in [3.8, 4) is 11.8 Å². The van der Waals surface area contributed by atoms with E-state index in [2.05, 4.69) is 16.9 Å². The van der Waals surface area contributed by atoms with Crippen molar-refractivity contribution >= 4 is 11.4 Å². The van der Waals surface area contributed by atoms with Gasteiger partial charge in [-0.1, -0.05) is 17.9 Å². The summed E-state index contributed by atoms with van der Waals surface area (Å²) in [5, 5.41) is 4.11. The van der Waals surface area contributed by atoms with Crippen LogP contribution in [0.1, 0.15) is 39.4 Å². The van der Waals surface area contributed by atoms with Gasteiger partial charge in [0.25, 0.3) is 5.56 Å². The largest absolute Gasteiger partial charge is 0.366 e. The molecule has 1 unspecified atom stereocenters. The number of fused-ring (bicyclic) bond motifs is 1. The molecule has 3 heterocycles. The number of pyridine rings is 2. The fourth-order valence-corrected chi connectivity index (χ4v) is 3.56. The molecule has 0 radical (unpaired) electrons. The van der Waals surface area contributed by atoms with Crippen molar-refractivity contribution in [2.75, 3.05) is 0 Å². The summed E-state index contributed by atoms with van der Waals surface area (Å²) < 4.78 is 31.4. The second-order valence-corrected chi connectivity index (χ2v) is 7.27. The molecule has 0 spiro atoms. The third-order valence-corrected chi connectivity index (χ3v) is 5.18. The van der Waals surface area contributed by atoms with Crippen LogP contribution in [0.15, 0.2) is 65.8 Å². The number of amides is 1. The third-order valence-electron chi connectivity index (χ3n) is 5.18. The summed E-state index contributed by atoms with van der Waals surface area (Å²) in [5.74, 6) is 3.27. The maximum Gasteiger partial charge on any atom is 0.254 e. The molecule has 0 fully saturated rings. The first-order valence-electron chi connectivity index (χ1n) is 9.71. The zero-order valence-electron chi connectivity index (χ0n) is 17.0. The van der Waals surface area contributed by atoms with Crippen molar-refractivity contribution in [1.82, 2.24) is 14.2 Å². The minimum Gasteiger partial charge on any atom is -0.366 e. The van der Waals surface area contributed by atoms with Crippen LogP contribution in [0.5, 0.6) is 0 Å². The first-order chi connectivity index (χ1) is 15.3. The molecule has 0 saturated carbocycles. The van der Waals surface area contributed by atoms with Crippen molar-refractivity contribution in [1.29, 1.82) is 0 Å². The topological polar surface area (TPSA) is 82.4 Å². The summed E-state index contributed by atoms with van der Waals surface area (Å²) in [5.41, 5.74) is 6.80. The van der Waals surface area contributed by atoms with E-state index in [9.17, 15) is 18.4 Å². The van der Waals surface area contributed by atoms with Crippen LogP contribution < -0.4 is 11.3 Å². The van der Waals surface area contributed by atoms with Gasteiger partial charge in [-0.25, -0.2) is 13.3 Å². The van der Waals surface area contributed by atoms with Crippen molar-refractivity contribution in [2.24, 2.45) is 12.8 Å². The second kappa shape index (κ2) is 8.47. The number of hydrogen-bond donors (Lipinski definition) is 1. The van der Waals surface area contributed by atoms with Crippen molar-refractivity contribution < 1.29 is 13.6 Å². The molecule has 1 amide bonds. The lowest BCUT2D eigenvalue weighted by atomic mass is 9.89. The van der Waals surface area contributed by atoms with Gasteiger partial charge in [0.1, 0.15) is 11.6 Å². The van der Waals surface area contributed by atoms with Crippen molar-refractivity contribution in [3.63, 3.8) is 0 Å². The van der Waals surface area contributed by atoms with Gasteiger partial charge < -0.3 is 10.3 Å². The number of carbonyl (C=O) groups is 1. The molecule has 0 aliphatic heterocycles. The van der Waals surface area contributed by atoms with E-state index in [1.807, 2.05) is 0 Å². The summed E-state index contributed by atoms with van der Waals surface area (Å²) in [7, 11) is 1.59. The highest BCUT2D eigenvalue weighted by Gasteiger charge is 2.21. The van der Waals surface area contributed by atoms with Crippen LogP contribution in [0.25, 0.3) is 5.52 Å². The zero-order chi connectivity index (χ0) is 22.8. The number of nitrogens with two attached hydrogens (primary N) is 1. The molecule has 32 heavy (non-hydrogen) atoms. The molecule has 1 aromatic carbocycles. The summed E-state index contributed by atoms with van der Waals surface area (Å²) in [6, 6.07) is 9.66. The summed E-state index contributed by atoms with van der Waals surface area (Å²) in [4.78, 5) is 24.3. The molecule has 0 saturated heterocycles. The Kier molecular flexibility index (Phi) is 5.56. The average molecular weight is 432 g/mol. The fraction of sp³-hybridized carbons (Fsp3) is 0.125. The molecular formula is C24H18F2N4O2. The molecule has 2 N–H and O–H groups in total. The van der Waals surface area contributed by atoms with Crippen LogP contribution in [0.2, 0.25) is 0 Å². The van der Waals surface area contributed by atoms with Gasteiger partial charge in [0, 0.05) is 37.3 Å². The van der Waals surface area contributed by atoms with Crippen LogP contribution in [0.4, 0.5) is 8.78 Å². The van der Waals surface area contributed by atoms with E-state index in [1.165, 1.54) is 15.3 Å². The Labute approximate surface area is 181 Å². The highest BCUT2D eigenvalue weighted by atomic mass is 19.1. The molecule has 0 aliphatic carbocycles. The smallest absolute Gasteiger partial charge is 0.254 e. The van der Waals surface area contributed by atoms with Gasteiger partial charge in [0.2, 0.25) is 5.91 Å². The van der Waals surface area contributed by atoms with Gasteiger partial charge in [0.15, 0.2) is 0 Å². The van der Waals surface area contributed by atoms with Crippen LogP contribution in [0, 0.1) is 23.5 Å². The van der Waals surface area contributed by atoms with E-state index in [0.29, 0.717) is 16.6 Å². The lowest BCUT2D eigenvalue weighted by Gasteiger charge is -2.16. The highest BCUT2D eigenvalue weighted by Crippen LogP contribution is 2.28. The van der Waals surface area contributed by atoms with Crippen LogP contribution >= 0.6 is 0 Å². The Balaban J connectivity index is 1.80. The molecular weight excluding hydrogens is 414 g/mol. The molecule has 1 atom stereocenters. The van der Waals surface area contributed by atoms with Gasteiger partial charge in [-0.05, 0) is 42.0 Å². The van der Waals surface area contributed by atoms with Gasteiger partial charge in [-0.15, -0.1) is 0 Å². The number of nitrogens with zero attached hydrogens (tertiary/aromatic N) is 3. The number of primary amides is 1. The Morgan fingerprint density at radius 3 is 2.78 bits per heavy atom. The minimum atomic E-state index is -0.793. The van der Waals surface area contributed by atoms with Gasteiger partial charge >= 0.3 is 0 Å². The number of rotatable bonds is 4. The van der Waals surface area contributed by atoms with E-state index in [4.69, 9.17) is 5.73 Å². The SMILES string of the molecule is Cn1cccc(C(CC#Cc2cc(C(N)=O)cn3nccc23)c2cc(F)ccc2F)c1=O. The summed E-state index contributed by atoms with van der Waals surface area (Å²) in [6.45, 7) is 0. The second-order valence-electron chi connectivity index (χ2n) is 7.27. The molecule has 8 heteroatoms. The minimum absolute atomic E-state index is 0.0424. The molecule has 3 aromatic heterocycles. The zero-order valence-corrected chi connectivity index (χ0v) is 17.0. The molecule has 6 nitrogen and oxygen atoms in total. The quantitative estimate of drug-likeness (QED) is 0.504. The molecule has 0 bridgehead atoms. The van der Waals surface area contributed by atoms with Gasteiger partial charge in [-0.3, -0.25) is 9.59 Å².